The first-order valence-electron chi connectivity index (χ1n) is 10.9. The van der Waals surface area contributed by atoms with Gasteiger partial charge in [0.2, 0.25) is 17.7 Å². The summed E-state index contributed by atoms with van der Waals surface area (Å²) in [5.74, 6) is -5.42. The van der Waals surface area contributed by atoms with E-state index in [0.717, 1.165) is 0 Å². The van der Waals surface area contributed by atoms with Crippen molar-refractivity contribution in [2.24, 2.45) is 17.6 Å². The van der Waals surface area contributed by atoms with E-state index in [1.54, 1.807) is 27.7 Å². The Morgan fingerprint density at radius 3 is 2.06 bits per heavy atom. The van der Waals surface area contributed by atoms with Crippen LogP contribution < -0.4 is 21.7 Å². The van der Waals surface area contributed by atoms with Gasteiger partial charge in [0.15, 0.2) is 0 Å². The van der Waals surface area contributed by atoms with Gasteiger partial charge in [0.25, 0.3) is 0 Å². The third-order valence-electron chi connectivity index (χ3n) is 4.91. The second-order valence-electron chi connectivity index (χ2n) is 8.81. The van der Waals surface area contributed by atoms with Crippen molar-refractivity contribution in [1.29, 1.82) is 0 Å². The Bertz CT molecular complexity index is 856. The normalized spacial score (nSPS) is 14.7. The van der Waals surface area contributed by atoms with Gasteiger partial charge in [-0.2, -0.15) is 0 Å². The van der Waals surface area contributed by atoms with Crippen molar-refractivity contribution < 1.29 is 34.2 Å². The number of hydrogen-bond donors (Lipinski definition) is 7. The van der Waals surface area contributed by atoms with E-state index in [-0.39, 0.29) is 18.8 Å². The van der Waals surface area contributed by atoms with Crippen LogP contribution in [0.15, 0.2) is 12.5 Å². The van der Waals surface area contributed by atoms with E-state index in [1.807, 2.05) is 0 Å². The minimum absolute atomic E-state index is 0.00498. The van der Waals surface area contributed by atoms with Crippen LogP contribution in [-0.2, 0) is 30.4 Å². The molecule has 0 aliphatic heterocycles. The van der Waals surface area contributed by atoms with E-state index in [9.17, 15) is 34.2 Å². The van der Waals surface area contributed by atoms with Gasteiger partial charge < -0.3 is 36.9 Å². The van der Waals surface area contributed by atoms with Crippen LogP contribution in [0.4, 0.5) is 0 Å². The number of carboxylic acid groups (broad SMARTS) is 2. The number of nitrogens with one attached hydrogen (secondary N) is 4. The summed E-state index contributed by atoms with van der Waals surface area (Å²) in [4.78, 5) is 67.4. The van der Waals surface area contributed by atoms with Gasteiger partial charge in [0, 0.05) is 18.3 Å². The van der Waals surface area contributed by atoms with Crippen LogP contribution in [0.1, 0.15) is 46.2 Å². The maximum Gasteiger partial charge on any atom is 0.326 e. The van der Waals surface area contributed by atoms with Crippen molar-refractivity contribution in [3.05, 3.63) is 18.2 Å². The fourth-order valence-electron chi connectivity index (χ4n) is 3.13. The summed E-state index contributed by atoms with van der Waals surface area (Å²) in [6.07, 6.45) is 2.41. The average molecular weight is 483 g/mol. The first-order chi connectivity index (χ1) is 15.8. The quantitative estimate of drug-likeness (QED) is 0.173. The lowest BCUT2D eigenvalue weighted by Crippen LogP contribution is -2.59. The molecule has 0 saturated heterocycles. The van der Waals surface area contributed by atoms with Gasteiger partial charge in [-0.3, -0.25) is 19.2 Å². The fraction of sp³-hybridized carbons (Fsp3) is 0.619. The molecule has 190 valence electrons. The van der Waals surface area contributed by atoms with Gasteiger partial charge in [-0.1, -0.05) is 27.7 Å². The second kappa shape index (κ2) is 13.3. The number of imidazole rings is 1. The summed E-state index contributed by atoms with van der Waals surface area (Å²) in [5, 5.41) is 25.7. The van der Waals surface area contributed by atoms with Crippen LogP contribution in [-0.4, -0.2) is 74.0 Å². The Hall–Kier alpha value is -3.48. The lowest BCUT2D eigenvalue weighted by atomic mass is 10.00. The molecule has 4 atom stereocenters. The summed E-state index contributed by atoms with van der Waals surface area (Å²) < 4.78 is 0. The number of carbonyl (C=O) groups is 5. The summed E-state index contributed by atoms with van der Waals surface area (Å²) >= 11 is 0. The summed E-state index contributed by atoms with van der Waals surface area (Å²) in [7, 11) is 0. The van der Waals surface area contributed by atoms with Crippen LogP contribution in [0.2, 0.25) is 0 Å². The molecule has 1 heterocycles. The maximum atomic E-state index is 12.8. The zero-order valence-electron chi connectivity index (χ0n) is 19.7. The molecule has 0 fully saturated rings. The number of H-pyrrole nitrogens is 1. The minimum atomic E-state index is -1.50. The molecule has 1 aromatic rings. The van der Waals surface area contributed by atoms with Gasteiger partial charge in [-0.15, -0.1) is 0 Å². The summed E-state index contributed by atoms with van der Waals surface area (Å²) in [6.45, 7) is 6.88. The molecule has 13 nitrogen and oxygen atoms in total. The highest BCUT2D eigenvalue weighted by atomic mass is 16.4. The first-order valence-corrected chi connectivity index (χ1v) is 10.9. The maximum absolute atomic E-state index is 12.8. The van der Waals surface area contributed by atoms with Gasteiger partial charge in [-0.25, -0.2) is 9.78 Å². The van der Waals surface area contributed by atoms with Crippen molar-refractivity contribution in [2.45, 2.75) is 71.1 Å². The molecule has 1 rings (SSSR count). The van der Waals surface area contributed by atoms with Crippen LogP contribution in [0, 0.1) is 11.8 Å². The van der Waals surface area contributed by atoms with E-state index >= 15 is 0 Å². The second-order valence-corrected chi connectivity index (χ2v) is 8.81. The molecule has 0 bridgehead atoms. The highest BCUT2D eigenvalue weighted by Gasteiger charge is 2.33. The molecule has 8 N–H and O–H groups in total. The lowest BCUT2D eigenvalue weighted by Gasteiger charge is -2.27. The Morgan fingerprint density at radius 2 is 1.59 bits per heavy atom. The molecule has 0 radical (unpaired) electrons. The Morgan fingerprint density at radius 1 is 0.971 bits per heavy atom. The molecule has 0 aliphatic carbocycles. The predicted octanol–water partition coefficient (Wildman–Crippen LogP) is -1.00. The Labute approximate surface area is 197 Å². The van der Waals surface area contributed by atoms with Crippen molar-refractivity contribution >= 4 is 29.7 Å². The number of nitrogens with zero attached hydrogens (tertiary/aromatic N) is 1. The van der Waals surface area contributed by atoms with Crippen molar-refractivity contribution in [3.8, 4) is 0 Å². The highest BCUT2D eigenvalue weighted by molar-refractivity contribution is 5.95. The number of aromatic nitrogens is 2. The predicted molar refractivity (Wildman–Crippen MR) is 120 cm³/mol. The van der Waals surface area contributed by atoms with E-state index in [2.05, 4.69) is 25.9 Å². The number of aromatic amines is 1. The smallest absolute Gasteiger partial charge is 0.326 e. The topological polar surface area (TPSA) is 217 Å². The zero-order valence-corrected chi connectivity index (χ0v) is 19.7. The molecule has 34 heavy (non-hydrogen) atoms. The molecule has 13 heteroatoms. The van der Waals surface area contributed by atoms with E-state index in [4.69, 9.17) is 5.73 Å². The number of amides is 3. The lowest BCUT2D eigenvalue weighted by molar-refractivity contribution is -0.144. The van der Waals surface area contributed by atoms with E-state index < -0.39 is 66.2 Å². The molecule has 0 aromatic carbocycles. The molecular weight excluding hydrogens is 448 g/mol. The molecule has 1 aromatic heterocycles. The third kappa shape index (κ3) is 9.57. The first kappa shape index (κ1) is 28.6. The number of carboxylic acids is 2. The summed E-state index contributed by atoms with van der Waals surface area (Å²) in [6, 6.07) is -4.90. The number of aliphatic carboxylic acids is 2. The van der Waals surface area contributed by atoms with E-state index in [0.29, 0.717) is 5.69 Å². The van der Waals surface area contributed by atoms with Gasteiger partial charge in [0.1, 0.15) is 18.1 Å². The van der Waals surface area contributed by atoms with Crippen LogP contribution in [0.3, 0.4) is 0 Å². The molecule has 0 spiro atoms. The SMILES string of the molecule is CC(C)CC(NC(=O)C(NC(=O)C(CC(=O)O)NC(=O)C(N)Cc1cnc[nH]1)C(C)C)C(=O)O. The zero-order chi connectivity index (χ0) is 26.0. The molecular formula is C21H34N6O7. The number of carbonyl (C=O) groups excluding carboxylic acids is 3. The van der Waals surface area contributed by atoms with E-state index in [1.165, 1.54) is 12.5 Å². The molecule has 4 unspecified atom stereocenters. The van der Waals surface area contributed by atoms with Gasteiger partial charge in [0.05, 0.1) is 18.8 Å². The fourth-order valence-corrected chi connectivity index (χ4v) is 3.13. The summed E-state index contributed by atoms with van der Waals surface area (Å²) in [5.41, 5.74) is 6.43. The molecule has 0 aliphatic rings. The van der Waals surface area contributed by atoms with Crippen molar-refractivity contribution in [2.75, 3.05) is 0 Å². The molecule has 0 saturated carbocycles. The van der Waals surface area contributed by atoms with Crippen LogP contribution in [0.25, 0.3) is 0 Å². The van der Waals surface area contributed by atoms with Crippen molar-refractivity contribution in [1.82, 2.24) is 25.9 Å². The largest absolute Gasteiger partial charge is 0.481 e. The Kier molecular flexibility index (Phi) is 11.2. The third-order valence-corrected chi connectivity index (χ3v) is 4.91. The van der Waals surface area contributed by atoms with Crippen LogP contribution in [0.5, 0.6) is 0 Å². The minimum Gasteiger partial charge on any atom is -0.481 e. The average Bonchev–Trinajstić information content (AvgIpc) is 3.22. The van der Waals surface area contributed by atoms with Crippen molar-refractivity contribution in [3.63, 3.8) is 0 Å². The van der Waals surface area contributed by atoms with Gasteiger partial charge in [-0.05, 0) is 18.3 Å². The van der Waals surface area contributed by atoms with Crippen LogP contribution >= 0.6 is 0 Å². The Balaban J connectivity index is 2.91. The number of nitrogens with two attached hydrogens (primary N) is 1. The standard InChI is InChI=1S/C21H34N6O7/c1-10(2)5-15(21(33)34)26-20(32)17(11(3)4)27-19(31)14(7-16(28)29)25-18(30)13(22)6-12-8-23-9-24-12/h8-11,13-15,17H,5-7,22H2,1-4H3,(H,23,24)(H,25,30)(H,26,32)(H,27,31)(H,28,29)(H,33,34). The van der Waals surface area contributed by atoms with Gasteiger partial charge >= 0.3 is 11.9 Å². The number of hydrogen-bond acceptors (Lipinski definition) is 7. The highest BCUT2D eigenvalue weighted by Crippen LogP contribution is 2.09. The number of rotatable bonds is 14. The monoisotopic (exact) mass is 482 g/mol. The molecule has 3 amide bonds.